The van der Waals surface area contributed by atoms with Gasteiger partial charge < -0.3 is 4.42 Å². The van der Waals surface area contributed by atoms with Gasteiger partial charge in [-0.25, -0.2) is 0 Å². The summed E-state index contributed by atoms with van der Waals surface area (Å²) in [6, 6.07) is 34.1. The van der Waals surface area contributed by atoms with Crippen molar-refractivity contribution in [1.82, 2.24) is 0 Å². The Bertz CT molecular complexity index is 1460. The van der Waals surface area contributed by atoms with E-state index < -0.39 is 0 Å². The third-order valence-corrected chi connectivity index (χ3v) is 5.44. The molecule has 0 aliphatic rings. The van der Waals surface area contributed by atoms with Crippen molar-refractivity contribution < 1.29 is 4.42 Å². The summed E-state index contributed by atoms with van der Waals surface area (Å²) in [7, 11) is 0. The van der Waals surface area contributed by atoms with E-state index in [0.29, 0.717) is 0 Å². The first-order valence-corrected chi connectivity index (χ1v) is 9.21. The molecule has 27 heavy (non-hydrogen) atoms. The Morgan fingerprint density at radius 1 is 0.519 bits per heavy atom. The molecule has 0 fully saturated rings. The maximum Gasteiger partial charge on any atom is 0.143 e. The summed E-state index contributed by atoms with van der Waals surface area (Å²) in [6.07, 6.45) is 0. The van der Waals surface area contributed by atoms with E-state index in [-0.39, 0.29) is 0 Å². The molecule has 0 spiro atoms. The van der Waals surface area contributed by atoms with Crippen molar-refractivity contribution in [3.63, 3.8) is 0 Å². The number of hydrogen-bond acceptors (Lipinski definition) is 1. The quantitative estimate of drug-likeness (QED) is 0.300. The first-order chi connectivity index (χ1) is 13.4. The van der Waals surface area contributed by atoms with Gasteiger partial charge >= 0.3 is 0 Å². The van der Waals surface area contributed by atoms with Crippen LogP contribution in [0.5, 0.6) is 0 Å². The van der Waals surface area contributed by atoms with E-state index in [9.17, 15) is 0 Å². The second kappa shape index (κ2) is 5.46. The van der Waals surface area contributed by atoms with E-state index in [1.165, 1.54) is 37.9 Å². The predicted octanol–water partition coefficient (Wildman–Crippen LogP) is 7.56. The molecule has 0 N–H and O–H groups in total. The van der Waals surface area contributed by atoms with Gasteiger partial charge in [0.2, 0.25) is 0 Å². The molecular weight excluding hydrogens is 328 g/mol. The van der Waals surface area contributed by atoms with Crippen LogP contribution in [0.4, 0.5) is 0 Å². The third kappa shape index (κ3) is 2.06. The van der Waals surface area contributed by atoms with Gasteiger partial charge in [-0.3, -0.25) is 0 Å². The van der Waals surface area contributed by atoms with Crippen LogP contribution >= 0.6 is 0 Å². The molecule has 0 saturated carbocycles. The SMILES string of the molecule is c1ccc(-c2cc3ccccc3c3c2oc2ccc4ccccc4c23)cc1. The summed E-state index contributed by atoms with van der Waals surface area (Å²) in [6.45, 7) is 0. The smallest absolute Gasteiger partial charge is 0.143 e. The number of fused-ring (bicyclic) bond motifs is 7. The Hall–Kier alpha value is -3.58. The summed E-state index contributed by atoms with van der Waals surface area (Å²) < 4.78 is 6.45. The molecule has 0 bridgehead atoms. The van der Waals surface area contributed by atoms with Gasteiger partial charge in [0.1, 0.15) is 11.2 Å². The van der Waals surface area contributed by atoms with Gasteiger partial charge in [-0.05, 0) is 39.2 Å². The van der Waals surface area contributed by atoms with Gasteiger partial charge in [0.25, 0.3) is 0 Å². The number of hydrogen-bond donors (Lipinski definition) is 0. The van der Waals surface area contributed by atoms with Gasteiger partial charge in [-0.15, -0.1) is 0 Å². The molecule has 0 unspecified atom stereocenters. The average Bonchev–Trinajstić information content (AvgIpc) is 3.14. The molecule has 0 radical (unpaired) electrons. The lowest BCUT2D eigenvalue weighted by Gasteiger charge is -2.07. The molecule has 126 valence electrons. The summed E-state index contributed by atoms with van der Waals surface area (Å²) >= 11 is 0. The van der Waals surface area contributed by atoms with Crippen molar-refractivity contribution in [2.75, 3.05) is 0 Å². The molecule has 1 aromatic heterocycles. The monoisotopic (exact) mass is 344 g/mol. The van der Waals surface area contributed by atoms with Crippen LogP contribution in [0, 0.1) is 0 Å². The summed E-state index contributed by atoms with van der Waals surface area (Å²) in [5, 5.41) is 7.36. The lowest BCUT2D eigenvalue weighted by Crippen LogP contribution is -1.82. The van der Waals surface area contributed by atoms with E-state index in [1.807, 2.05) is 6.07 Å². The molecule has 1 heterocycles. The predicted molar refractivity (Wildman–Crippen MR) is 114 cm³/mol. The van der Waals surface area contributed by atoms with Crippen LogP contribution < -0.4 is 0 Å². The van der Waals surface area contributed by atoms with Crippen LogP contribution in [0.25, 0.3) is 54.6 Å². The highest BCUT2D eigenvalue weighted by Gasteiger charge is 2.17. The molecule has 0 aliphatic heterocycles. The van der Waals surface area contributed by atoms with Crippen molar-refractivity contribution in [2.24, 2.45) is 0 Å². The van der Waals surface area contributed by atoms with E-state index in [0.717, 1.165) is 16.7 Å². The van der Waals surface area contributed by atoms with Crippen LogP contribution in [0.15, 0.2) is 101 Å². The van der Waals surface area contributed by atoms with Crippen molar-refractivity contribution >= 4 is 43.5 Å². The van der Waals surface area contributed by atoms with Crippen LogP contribution in [0.1, 0.15) is 0 Å². The normalized spacial score (nSPS) is 11.7. The Kier molecular flexibility index (Phi) is 2.95. The molecule has 6 rings (SSSR count). The van der Waals surface area contributed by atoms with Gasteiger partial charge in [0, 0.05) is 16.3 Å². The topological polar surface area (TPSA) is 13.1 Å². The van der Waals surface area contributed by atoms with Gasteiger partial charge in [-0.1, -0.05) is 84.9 Å². The standard InChI is InChI=1S/C26H16O/c1-2-8-17(9-3-1)22-16-19-11-5-7-13-21(19)25-24-20-12-6-4-10-18(20)14-15-23(24)27-26(22)25/h1-16H. The van der Waals surface area contributed by atoms with Crippen LogP contribution in [0.2, 0.25) is 0 Å². The zero-order valence-electron chi connectivity index (χ0n) is 14.6. The minimum Gasteiger partial charge on any atom is -0.455 e. The minimum absolute atomic E-state index is 0.942. The fourth-order valence-electron chi connectivity index (χ4n) is 4.22. The molecule has 0 atom stereocenters. The maximum absolute atomic E-state index is 6.45. The second-order valence-corrected chi connectivity index (χ2v) is 6.98. The lowest BCUT2D eigenvalue weighted by molar-refractivity contribution is 0.670. The van der Waals surface area contributed by atoms with Gasteiger partial charge in [-0.2, -0.15) is 0 Å². The highest BCUT2D eigenvalue weighted by Crippen LogP contribution is 2.43. The van der Waals surface area contributed by atoms with Crippen molar-refractivity contribution in [3.8, 4) is 11.1 Å². The number of rotatable bonds is 1. The van der Waals surface area contributed by atoms with Crippen LogP contribution in [-0.2, 0) is 0 Å². The first-order valence-electron chi connectivity index (χ1n) is 9.21. The highest BCUT2D eigenvalue weighted by atomic mass is 16.3. The van der Waals surface area contributed by atoms with Crippen molar-refractivity contribution in [1.29, 1.82) is 0 Å². The van der Waals surface area contributed by atoms with E-state index in [1.54, 1.807) is 0 Å². The lowest BCUT2D eigenvalue weighted by atomic mass is 9.95. The fourth-order valence-corrected chi connectivity index (χ4v) is 4.22. The first kappa shape index (κ1) is 14.6. The Morgan fingerprint density at radius 2 is 1.19 bits per heavy atom. The average molecular weight is 344 g/mol. The summed E-state index contributed by atoms with van der Waals surface area (Å²) in [5.74, 6) is 0. The molecule has 0 saturated heterocycles. The van der Waals surface area contributed by atoms with E-state index >= 15 is 0 Å². The van der Waals surface area contributed by atoms with Crippen LogP contribution in [-0.4, -0.2) is 0 Å². The van der Waals surface area contributed by atoms with Gasteiger partial charge in [0.05, 0.1) is 0 Å². The van der Waals surface area contributed by atoms with Crippen molar-refractivity contribution in [2.45, 2.75) is 0 Å². The molecule has 0 amide bonds. The Balaban J connectivity index is 1.92. The zero-order valence-corrected chi connectivity index (χ0v) is 14.6. The highest BCUT2D eigenvalue weighted by molar-refractivity contribution is 6.28. The number of benzene rings is 5. The zero-order chi connectivity index (χ0) is 17.8. The van der Waals surface area contributed by atoms with E-state index in [2.05, 4.69) is 91.0 Å². The second-order valence-electron chi connectivity index (χ2n) is 6.98. The maximum atomic E-state index is 6.45. The summed E-state index contributed by atoms with van der Waals surface area (Å²) in [4.78, 5) is 0. The molecule has 0 aliphatic carbocycles. The summed E-state index contributed by atoms with van der Waals surface area (Å²) in [5.41, 5.74) is 4.23. The Morgan fingerprint density at radius 3 is 2.00 bits per heavy atom. The van der Waals surface area contributed by atoms with E-state index in [4.69, 9.17) is 4.42 Å². The molecule has 1 nitrogen and oxygen atoms in total. The van der Waals surface area contributed by atoms with Crippen molar-refractivity contribution in [3.05, 3.63) is 97.1 Å². The molecule has 6 aromatic rings. The Labute approximate surface area is 156 Å². The fraction of sp³-hybridized carbons (Fsp3) is 0. The largest absolute Gasteiger partial charge is 0.455 e. The minimum atomic E-state index is 0.942. The third-order valence-electron chi connectivity index (χ3n) is 5.44. The molecule has 1 heteroatoms. The molecule has 5 aromatic carbocycles. The number of furan rings is 1. The van der Waals surface area contributed by atoms with Gasteiger partial charge in [0.15, 0.2) is 0 Å². The van der Waals surface area contributed by atoms with Crippen LogP contribution in [0.3, 0.4) is 0 Å². The molecular formula is C26H16O.